The predicted octanol–water partition coefficient (Wildman–Crippen LogP) is 9.01. The van der Waals surface area contributed by atoms with E-state index in [1.54, 1.807) is 0 Å². The number of para-hydroxylation sites is 2. The van der Waals surface area contributed by atoms with Gasteiger partial charge in [-0.25, -0.2) is 9.78 Å². The van der Waals surface area contributed by atoms with Crippen LogP contribution in [0.3, 0.4) is 0 Å². The van der Waals surface area contributed by atoms with Crippen molar-refractivity contribution in [2.24, 2.45) is 0 Å². The number of carboxylic acid groups (broad SMARTS) is 1. The fraction of sp³-hybridized carbons (Fsp3) is 0.0833. The zero-order valence-electron chi connectivity index (χ0n) is 23.5. The topological polar surface area (TPSA) is 77.2 Å². The van der Waals surface area contributed by atoms with Gasteiger partial charge in [0, 0.05) is 38.4 Å². The first-order chi connectivity index (χ1) is 21.5. The van der Waals surface area contributed by atoms with E-state index < -0.39 is 5.97 Å². The van der Waals surface area contributed by atoms with Gasteiger partial charge in [0.05, 0.1) is 27.9 Å². The Kier molecular flexibility index (Phi) is 7.64. The van der Waals surface area contributed by atoms with Crippen LogP contribution in [0.25, 0.3) is 32.7 Å². The highest BCUT2D eigenvalue weighted by Crippen LogP contribution is 2.39. The van der Waals surface area contributed by atoms with Crippen molar-refractivity contribution in [3.63, 3.8) is 0 Å². The van der Waals surface area contributed by atoms with E-state index in [9.17, 15) is 9.90 Å². The van der Waals surface area contributed by atoms with Crippen LogP contribution in [-0.4, -0.2) is 25.6 Å². The monoisotopic (exact) mass is 615 g/mol. The third-order valence-corrected chi connectivity index (χ3v) is 8.90. The van der Waals surface area contributed by atoms with Crippen molar-refractivity contribution in [2.75, 3.05) is 0 Å². The van der Waals surface area contributed by atoms with Crippen LogP contribution in [0.1, 0.15) is 27.4 Å². The molecule has 0 radical (unpaired) electrons. The first-order valence-corrected chi connectivity index (χ1v) is 15.5. The minimum absolute atomic E-state index is 0.231. The number of thioether (sulfide) groups is 1. The number of pyridine rings is 2. The average Bonchev–Trinajstić information content (AvgIpc) is 3.36. The lowest BCUT2D eigenvalue weighted by Crippen LogP contribution is -2.10. The van der Waals surface area contributed by atoms with E-state index in [0.29, 0.717) is 28.0 Å². The largest absolute Gasteiger partial charge is 0.487 e. The first-order valence-electron chi connectivity index (χ1n) is 14.1. The number of benzene rings is 4. The minimum atomic E-state index is -0.994. The van der Waals surface area contributed by atoms with Crippen LogP contribution < -0.4 is 4.74 Å². The number of fused-ring (bicyclic) bond motifs is 3. The molecule has 4 aromatic carbocycles. The second-order valence-electron chi connectivity index (χ2n) is 10.4. The standard InChI is InChI=1S/C36H26ClN3O3S/c37-26-13-9-23(10-14-26)20-40-33-18-17-29(43-21-27-15-11-24-5-1-3-7-31(24)38-27)19-30(33)35(34(40)36(41)42)44-22-28-16-12-25-6-2-4-8-32(25)39-28/h1-19H,20-22H2,(H,41,42). The van der Waals surface area contributed by atoms with Gasteiger partial charge in [0.25, 0.3) is 0 Å². The van der Waals surface area contributed by atoms with Gasteiger partial charge in [-0.2, -0.15) is 0 Å². The summed E-state index contributed by atoms with van der Waals surface area (Å²) in [6.45, 7) is 0.669. The van der Waals surface area contributed by atoms with Crippen LogP contribution in [-0.2, 0) is 18.9 Å². The smallest absolute Gasteiger partial charge is 0.353 e. The molecule has 0 saturated carbocycles. The second kappa shape index (κ2) is 12.0. The van der Waals surface area contributed by atoms with Gasteiger partial charge in [0.1, 0.15) is 18.1 Å². The molecule has 44 heavy (non-hydrogen) atoms. The predicted molar refractivity (Wildman–Crippen MR) is 177 cm³/mol. The molecule has 0 aliphatic rings. The number of hydrogen-bond donors (Lipinski definition) is 1. The quantitative estimate of drug-likeness (QED) is 0.163. The lowest BCUT2D eigenvalue weighted by atomic mass is 10.2. The summed E-state index contributed by atoms with van der Waals surface area (Å²) >= 11 is 7.59. The number of halogens is 1. The molecule has 0 saturated heterocycles. The molecule has 0 bridgehead atoms. The second-order valence-corrected chi connectivity index (χ2v) is 11.9. The molecule has 0 spiro atoms. The molecule has 0 aliphatic carbocycles. The summed E-state index contributed by atoms with van der Waals surface area (Å²) in [5.74, 6) is 0.155. The van der Waals surface area contributed by atoms with E-state index in [-0.39, 0.29) is 12.3 Å². The van der Waals surface area contributed by atoms with Crippen molar-refractivity contribution < 1.29 is 14.6 Å². The van der Waals surface area contributed by atoms with Crippen molar-refractivity contribution in [3.05, 3.63) is 143 Å². The van der Waals surface area contributed by atoms with E-state index in [1.165, 1.54) is 11.8 Å². The van der Waals surface area contributed by atoms with Gasteiger partial charge < -0.3 is 14.4 Å². The molecule has 3 heterocycles. The number of carbonyl (C=O) groups is 1. The van der Waals surface area contributed by atoms with Gasteiger partial charge in [-0.15, -0.1) is 11.8 Å². The van der Waals surface area contributed by atoms with Crippen molar-refractivity contribution in [3.8, 4) is 5.75 Å². The highest BCUT2D eigenvalue weighted by Gasteiger charge is 2.24. The Bertz CT molecular complexity index is 2160. The van der Waals surface area contributed by atoms with E-state index in [2.05, 4.69) is 0 Å². The van der Waals surface area contributed by atoms with Crippen LogP contribution in [0.4, 0.5) is 0 Å². The van der Waals surface area contributed by atoms with E-state index in [4.69, 9.17) is 26.3 Å². The number of aromatic carboxylic acids is 1. The van der Waals surface area contributed by atoms with Crippen LogP contribution in [0, 0.1) is 0 Å². The molecule has 0 amide bonds. The number of ether oxygens (including phenoxy) is 1. The van der Waals surface area contributed by atoms with Crippen LogP contribution in [0.5, 0.6) is 5.75 Å². The lowest BCUT2D eigenvalue weighted by molar-refractivity contribution is 0.0682. The SMILES string of the molecule is O=C(O)c1c(SCc2ccc3ccccc3n2)c2cc(OCc3ccc4ccccc4n3)ccc2n1Cc1ccc(Cl)cc1. The van der Waals surface area contributed by atoms with E-state index in [0.717, 1.165) is 49.7 Å². The fourth-order valence-electron chi connectivity index (χ4n) is 5.37. The summed E-state index contributed by atoms with van der Waals surface area (Å²) in [4.78, 5) is 23.0. The zero-order chi connectivity index (χ0) is 30.0. The number of aromatic nitrogens is 3. The van der Waals surface area contributed by atoms with Gasteiger partial charge in [0.15, 0.2) is 0 Å². The highest BCUT2D eigenvalue weighted by molar-refractivity contribution is 7.98. The number of hydrogen-bond acceptors (Lipinski definition) is 5. The molecule has 7 rings (SSSR count). The Morgan fingerprint density at radius 3 is 2.16 bits per heavy atom. The molecule has 8 heteroatoms. The Labute approximate surface area is 262 Å². The normalized spacial score (nSPS) is 11.4. The first kappa shape index (κ1) is 28.0. The maximum Gasteiger partial charge on any atom is 0.353 e. The molecule has 7 aromatic rings. The molecule has 0 atom stereocenters. The van der Waals surface area contributed by atoms with Gasteiger partial charge in [0.2, 0.25) is 0 Å². The lowest BCUT2D eigenvalue weighted by Gasteiger charge is -2.10. The Morgan fingerprint density at radius 1 is 0.795 bits per heavy atom. The third kappa shape index (κ3) is 5.72. The van der Waals surface area contributed by atoms with Gasteiger partial charge >= 0.3 is 5.97 Å². The molecule has 216 valence electrons. The van der Waals surface area contributed by atoms with Crippen LogP contribution in [0.15, 0.2) is 120 Å². The maximum atomic E-state index is 12.8. The molecular weight excluding hydrogens is 590 g/mol. The van der Waals surface area contributed by atoms with Crippen molar-refractivity contribution in [1.82, 2.24) is 14.5 Å². The molecule has 0 fully saturated rings. The molecule has 0 aliphatic heterocycles. The number of rotatable bonds is 9. The zero-order valence-corrected chi connectivity index (χ0v) is 25.1. The van der Waals surface area contributed by atoms with Crippen molar-refractivity contribution in [2.45, 2.75) is 23.8 Å². The summed E-state index contributed by atoms with van der Waals surface area (Å²) in [6, 6.07) is 37.2. The molecule has 1 N–H and O–H groups in total. The average molecular weight is 616 g/mol. The van der Waals surface area contributed by atoms with Crippen molar-refractivity contribution in [1.29, 1.82) is 0 Å². The van der Waals surface area contributed by atoms with Crippen molar-refractivity contribution >= 4 is 62.0 Å². The Balaban J connectivity index is 1.25. The molecule has 3 aromatic heterocycles. The number of nitrogens with zero attached hydrogens (tertiary/aromatic N) is 3. The van der Waals surface area contributed by atoms with Crippen LogP contribution >= 0.6 is 23.4 Å². The van der Waals surface area contributed by atoms with Gasteiger partial charge in [-0.05, 0) is 60.2 Å². The molecule has 6 nitrogen and oxygen atoms in total. The van der Waals surface area contributed by atoms with Crippen LogP contribution in [0.2, 0.25) is 5.02 Å². The van der Waals surface area contributed by atoms with Gasteiger partial charge in [-0.3, -0.25) is 4.98 Å². The Hall–Kier alpha value is -4.85. The minimum Gasteiger partial charge on any atom is -0.487 e. The highest BCUT2D eigenvalue weighted by atomic mass is 35.5. The molecular formula is C36H26ClN3O3S. The fourth-order valence-corrected chi connectivity index (χ4v) is 6.60. The summed E-state index contributed by atoms with van der Waals surface area (Å²) in [5, 5.41) is 14.1. The number of carboxylic acids is 1. The van der Waals surface area contributed by atoms with E-state index in [1.807, 2.05) is 120 Å². The van der Waals surface area contributed by atoms with E-state index >= 15 is 0 Å². The Morgan fingerprint density at radius 2 is 1.45 bits per heavy atom. The van der Waals surface area contributed by atoms with Gasteiger partial charge in [-0.1, -0.05) is 72.3 Å². The summed E-state index contributed by atoms with van der Waals surface area (Å²) in [5.41, 5.74) is 5.49. The summed E-state index contributed by atoms with van der Waals surface area (Å²) in [6.07, 6.45) is 0. The maximum absolute atomic E-state index is 12.8. The summed E-state index contributed by atoms with van der Waals surface area (Å²) < 4.78 is 8.05. The molecule has 0 unspecified atom stereocenters. The summed E-state index contributed by atoms with van der Waals surface area (Å²) in [7, 11) is 0. The third-order valence-electron chi connectivity index (χ3n) is 7.51.